The van der Waals surface area contributed by atoms with Crippen molar-refractivity contribution in [3.8, 4) is 0 Å². The standard InChI is InChI=1S/C28H60N2O5S/c1-25(2,3)23-35-20-19-33-17-11-15-30-28(9,10)14-13-27(7,8)24-34-18-12-21-36(31,32)22-16-29-26(4,5)6/h29-30H,11-24H2,1-10H3. The lowest BCUT2D eigenvalue weighted by Gasteiger charge is -2.32. The van der Waals surface area contributed by atoms with Crippen molar-refractivity contribution >= 4 is 9.84 Å². The van der Waals surface area contributed by atoms with E-state index in [0.717, 1.165) is 39.0 Å². The SMILES string of the molecule is CC(C)(C)COCCOCCCNC(C)(C)CCC(C)(C)COCCCS(=O)(=O)CCNC(C)(C)C. The van der Waals surface area contributed by atoms with Gasteiger partial charge in [0.1, 0.15) is 0 Å². The smallest absolute Gasteiger partial charge is 0.151 e. The van der Waals surface area contributed by atoms with Crippen molar-refractivity contribution < 1.29 is 22.6 Å². The summed E-state index contributed by atoms with van der Waals surface area (Å²) in [6.07, 6.45) is 3.60. The van der Waals surface area contributed by atoms with Gasteiger partial charge in [0, 0.05) is 30.8 Å². The van der Waals surface area contributed by atoms with Gasteiger partial charge in [-0.1, -0.05) is 34.6 Å². The van der Waals surface area contributed by atoms with Crippen molar-refractivity contribution in [2.75, 3.05) is 64.2 Å². The van der Waals surface area contributed by atoms with E-state index in [1.807, 2.05) is 20.8 Å². The summed E-state index contributed by atoms with van der Waals surface area (Å²) in [5.74, 6) is 0.361. The Bertz CT molecular complexity index is 664. The Balaban J connectivity index is 3.92. The maximum Gasteiger partial charge on any atom is 0.151 e. The number of nitrogens with one attached hydrogen (secondary N) is 2. The summed E-state index contributed by atoms with van der Waals surface area (Å²) in [7, 11) is -3.04. The fourth-order valence-corrected chi connectivity index (χ4v) is 4.60. The van der Waals surface area contributed by atoms with Crippen LogP contribution in [0.4, 0.5) is 0 Å². The summed E-state index contributed by atoms with van der Waals surface area (Å²) in [6.45, 7) is 26.9. The molecule has 36 heavy (non-hydrogen) atoms. The first-order chi connectivity index (χ1) is 16.3. The first-order valence-electron chi connectivity index (χ1n) is 13.8. The van der Waals surface area contributed by atoms with E-state index in [1.165, 1.54) is 0 Å². The van der Waals surface area contributed by atoms with Crippen LogP contribution < -0.4 is 10.6 Å². The van der Waals surface area contributed by atoms with Gasteiger partial charge >= 0.3 is 0 Å². The molecule has 0 amide bonds. The van der Waals surface area contributed by atoms with Crippen LogP contribution in [0, 0.1) is 10.8 Å². The van der Waals surface area contributed by atoms with Crippen LogP contribution in [0.2, 0.25) is 0 Å². The Morgan fingerprint density at radius 1 is 0.611 bits per heavy atom. The fourth-order valence-electron chi connectivity index (χ4n) is 3.42. The first-order valence-corrected chi connectivity index (χ1v) is 15.6. The molecule has 0 aromatic rings. The normalized spacial score (nSPS) is 13.9. The first kappa shape index (κ1) is 35.8. The zero-order valence-corrected chi connectivity index (χ0v) is 26.2. The number of hydrogen-bond acceptors (Lipinski definition) is 7. The van der Waals surface area contributed by atoms with E-state index < -0.39 is 9.84 Å². The zero-order valence-electron chi connectivity index (χ0n) is 25.3. The van der Waals surface area contributed by atoms with E-state index in [0.29, 0.717) is 39.4 Å². The predicted octanol–water partition coefficient (Wildman–Crippen LogP) is 4.84. The van der Waals surface area contributed by atoms with Gasteiger partial charge in [-0.25, -0.2) is 8.42 Å². The Morgan fingerprint density at radius 2 is 1.19 bits per heavy atom. The molecule has 0 rings (SSSR count). The lowest BCUT2D eigenvalue weighted by atomic mass is 9.83. The third-order valence-electron chi connectivity index (χ3n) is 5.71. The van der Waals surface area contributed by atoms with Crippen LogP contribution in [0.25, 0.3) is 0 Å². The van der Waals surface area contributed by atoms with Crippen molar-refractivity contribution in [2.45, 2.75) is 106 Å². The van der Waals surface area contributed by atoms with Gasteiger partial charge in [-0.2, -0.15) is 0 Å². The topological polar surface area (TPSA) is 85.9 Å². The second-order valence-electron chi connectivity index (χ2n) is 13.8. The van der Waals surface area contributed by atoms with Gasteiger partial charge in [0.25, 0.3) is 0 Å². The van der Waals surface area contributed by atoms with Crippen LogP contribution in [0.3, 0.4) is 0 Å². The Hall–Kier alpha value is -0.250. The van der Waals surface area contributed by atoms with E-state index in [9.17, 15) is 8.42 Å². The maximum absolute atomic E-state index is 12.2. The Kier molecular flexibility index (Phi) is 16.5. The average Bonchev–Trinajstić information content (AvgIpc) is 2.69. The van der Waals surface area contributed by atoms with Crippen molar-refractivity contribution in [1.82, 2.24) is 10.6 Å². The summed E-state index contributed by atoms with van der Waals surface area (Å²) >= 11 is 0. The van der Waals surface area contributed by atoms with Gasteiger partial charge < -0.3 is 24.8 Å². The van der Waals surface area contributed by atoms with Crippen LogP contribution in [0.1, 0.15) is 94.9 Å². The molecule has 0 fully saturated rings. The average molecular weight is 537 g/mol. The molecule has 0 bridgehead atoms. The molecule has 0 aromatic heterocycles. The molecule has 0 spiro atoms. The molecule has 0 aromatic carbocycles. The van der Waals surface area contributed by atoms with Crippen molar-refractivity contribution in [2.24, 2.45) is 10.8 Å². The number of hydrogen-bond donors (Lipinski definition) is 2. The van der Waals surface area contributed by atoms with Crippen LogP contribution in [0.5, 0.6) is 0 Å². The van der Waals surface area contributed by atoms with Crippen LogP contribution in [-0.2, 0) is 24.0 Å². The Morgan fingerprint density at radius 3 is 1.81 bits per heavy atom. The molecular formula is C28H60N2O5S. The van der Waals surface area contributed by atoms with Crippen LogP contribution in [0.15, 0.2) is 0 Å². The third-order valence-corrected chi connectivity index (χ3v) is 7.44. The molecule has 2 N–H and O–H groups in total. The second-order valence-corrected chi connectivity index (χ2v) is 16.1. The van der Waals surface area contributed by atoms with Crippen LogP contribution in [-0.4, -0.2) is 83.7 Å². The zero-order chi connectivity index (χ0) is 27.9. The summed E-state index contributed by atoms with van der Waals surface area (Å²) in [5, 5.41) is 6.88. The van der Waals surface area contributed by atoms with E-state index in [1.54, 1.807) is 0 Å². The molecule has 0 heterocycles. The van der Waals surface area contributed by atoms with Gasteiger partial charge in [0.15, 0.2) is 9.84 Å². The molecule has 0 atom stereocenters. The minimum Gasteiger partial charge on any atom is -0.381 e. The molecule has 0 saturated carbocycles. The van der Waals surface area contributed by atoms with Gasteiger partial charge in [-0.3, -0.25) is 0 Å². The lowest BCUT2D eigenvalue weighted by molar-refractivity contribution is 0.0186. The molecule has 218 valence electrons. The van der Waals surface area contributed by atoms with Gasteiger partial charge in [-0.05, 0) is 77.7 Å². The molecule has 0 radical (unpaired) electrons. The molecule has 7 nitrogen and oxygen atoms in total. The molecular weight excluding hydrogens is 476 g/mol. The number of ether oxygens (including phenoxy) is 3. The minimum atomic E-state index is -3.04. The molecule has 0 aliphatic rings. The molecule has 0 aliphatic heterocycles. The summed E-state index contributed by atoms with van der Waals surface area (Å²) in [5.41, 5.74) is 0.222. The monoisotopic (exact) mass is 536 g/mol. The van der Waals surface area contributed by atoms with E-state index in [-0.39, 0.29) is 33.4 Å². The van der Waals surface area contributed by atoms with Gasteiger partial charge in [0.05, 0.1) is 37.9 Å². The number of rotatable bonds is 21. The Labute approximate surface area is 224 Å². The van der Waals surface area contributed by atoms with Crippen molar-refractivity contribution in [3.63, 3.8) is 0 Å². The fraction of sp³-hybridized carbons (Fsp3) is 1.00. The molecule has 0 aliphatic carbocycles. The molecule has 8 heteroatoms. The quantitative estimate of drug-likeness (QED) is 0.203. The summed E-state index contributed by atoms with van der Waals surface area (Å²) < 4.78 is 41.5. The second kappa shape index (κ2) is 16.7. The highest BCUT2D eigenvalue weighted by Crippen LogP contribution is 2.27. The summed E-state index contributed by atoms with van der Waals surface area (Å²) in [4.78, 5) is 0. The molecule has 0 saturated heterocycles. The highest BCUT2D eigenvalue weighted by Gasteiger charge is 2.24. The van der Waals surface area contributed by atoms with E-state index >= 15 is 0 Å². The molecule has 0 unspecified atom stereocenters. The highest BCUT2D eigenvalue weighted by atomic mass is 32.2. The minimum absolute atomic E-state index is 0.0439. The van der Waals surface area contributed by atoms with E-state index in [4.69, 9.17) is 14.2 Å². The highest BCUT2D eigenvalue weighted by molar-refractivity contribution is 7.91. The maximum atomic E-state index is 12.2. The van der Waals surface area contributed by atoms with Crippen molar-refractivity contribution in [3.05, 3.63) is 0 Å². The lowest BCUT2D eigenvalue weighted by Crippen LogP contribution is -2.41. The van der Waals surface area contributed by atoms with E-state index in [2.05, 4.69) is 59.1 Å². The number of sulfone groups is 1. The summed E-state index contributed by atoms with van der Waals surface area (Å²) in [6, 6.07) is 0. The largest absolute Gasteiger partial charge is 0.381 e. The van der Waals surface area contributed by atoms with Crippen LogP contribution >= 0.6 is 0 Å². The third kappa shape index (κ3) is 24.1. The predicted molar refractivity (Wildman–Crippen MR) is 153 cm³/mol. The van der Waals surface area contributed by atoms with Gasteiger partial charge in [0.2, 0.25) is 0 Å². The van der Waals surface area contributed by atoms with Crippen molar-refractivity contribution in [1.29, 1.82) is 0 Å². The van der Waals surface area contributed by atoms with Gasteiger partial charge in [-0.15, -0.1) is 0 Å².